The molecular weight excluding hydrogens is 671 g/mol. The quantitative estimate of drug-likeness (QED) is 0.183. The zero-order valence-corrected chi connectivity index (χ0v) is 29.6. The Hall–Kier alpha value is -7.50. The highest BCUT2D eigenvalue weighted by molar-refractivity contribution is 6.14. The minimum atomic E-state index is 0.822. The van der Waals surface area contributed by atoms with Gasteiger partial charge in [-0.25, -0.2) is 9.97 Å². The van der Waals surface area contributed by atoms with Crippen LogP contribution >= 0.6 is 0 Å². The van der Waals surface area contributed by atoms with Crippen LogP contribution in [0.3, 0.4) is 0 Å². The summed E-state index contributed by atoms with van der Waals surface area (Å²) in [6, 6.07) is 67.0. The molecular formula is C50H31N5. The third-order valence-corrected chi connectivity index (χ3v) is 11.2. The molecule has 256 valence electrons. The predicted octanol–water partition coefficient (Wildman–Crippen LogP) is 12.6. The average molecular weight is 702 g/mol. The molecule has 5 heteroatoms. The molecule has 0 bridgehead atoms. The molecule has 0 aliphatic carbocycles. The minimum absolute atomic E-state index is 0.822. The van der Waals surface area contributed by atoms with Crippen molar-refractivity contribution < 1.29 is 0 Å². The second-order valence-electron chi connectivity index (χ2n) is 14.2. The lowest BCUT2D eigenvalue weighted by Crippen LogP contribution is -2.04. The lowest BCUT2D eigenvalue weighted by molar-refractivity contribution is 1.12. The summed E-state index contributed by atoms with van der Waals surface area (Å²) in [5.74, 6) is 0. The zero-order valence-electron chi connectivity index (χ0n) is 29.6. The molecule has 55 heavy (non-hydrogen) atoms. The van der Waals surface area contributed by atoms with E-state index in [9.17, 15) is 0 Å². The fourth-order valence-electron chi connectivity index (χ4n) is 8.84. The molecule has 0 saturated carbocycles. The third-order valence-electron chi connectivity index (χ3n) is 11.2. The maximum absolute atomic E-state index is 5.74. The number of hydrogen-bond donors (Lipinski definition) is 0. The molecule has 0 aliphatic heterocycles. The van der Waals surface area contributed by atoms with Gasteiger partial charge in [0, 0.05) is 32.6 Å². The Kier molecular flexibility index (Phi) is 6.27. The largest absolute Gasteiger partial charge is 0.307 e. The Labute approximate surface area is 315 Å². The molecule has 12 aromatic rings. The second-order valence-corrected chi connectivity index (χ2v) is 14.2. The smallest absolute Gasteiger partial charge is 0.165 e. The minimum Gasteiger partial charge on any atom is -0.307 e. The molecule has 8 aromatic carbocycles. The van der Waals surface area contributed by atoms with Gasteiger partial charge in [-0.3, -0.25) is 4.57 Å². The van der Waals surface area contributed by atoms with Crippen LogP contribution < -0.4 is 0 Å². The van der Waals surface area contributed by atoms with E-state index in [0.29, 0.717) is 0 Å². The van der Waals surface area contributed by atoms with Crippen molar-refractivity contribution in [2.45, 2.75) is 0 Å². The van der Waals surface area contributed by atoms with Gasteiger partial charge in [-0.05, 0) is 65.7 Å². The SMILES string of the molecule is c1ccc(-c2ccc(-n3c4ccccc4c4nc5c(-n6c7ccccc7c7ccccc76)ccc(-n6c7ccccc7c7ccccc76)c5nc43)cc2)cc1. The number of para-hydroxylation sites is 5. The van der Waals surface area contributed by atoms with Crippen LogP contribution in [0.5, 0.6) is 0 Å². The lowest BCUT2D eigenvalue weighted by Gasteiger charge is -2.16. The van der Waals surface area contributed by atoms with E-state index in [1.165, 1.54) is 32.7 Å². The summed E-state index contributed by atoms with van der Waals surface area (Å²) in [6.07, 6.45) is 0. The molecule has 0 fully saturated rings. The van der Waals surface area contributed by atoms with E-state index in [-0.39, 0.29) is 0 Å². The summed E-state index contributed by atoms with van der Waals surface area (Å²) in [5.41, 5.74) is 14.4. The summed E-state index contributed by atoms with van der Waals surface area (Å²) in [5, 5.41) is 5.90. The fourth-order valence-corrected chi connectivity index (χ4v) is 8.84. The summed E-state index contributed by atoms with van der Waals surface area (Å²) in [4.78, 5) is 11.4. The van der Waals surface area contributed by atoms with Gasteiger partial charge >= 0.3 is 0 Å². The summed E-state index contributed by atoms with van der Waals surface area (Å²) < 4.78 is 7.00. The van der Waals surface area contributed by atoms with Gasteiger partial charge in [0.25, 0.3) is 0 Å². The van der Waals surface area contributed by atoms with Crippen LogP contribution in [0.15, 0.2) is 188 Å². The van der Waals surface area contributed by atoms with E-state index >= 15 is 0 Å². The molecule has 0 aliphatic rings. The molecule has 0 radical (unpaired) electrons. The lowest BCUT2D eigenvalue weighted by atomic mass is 10.1. The number of benzene rings is 8. The van der Waals surface area contributed by atoms with Crippen molar-refractivity contribution in [1.82, 2.24) is 23.7 Å². The van der Waals surface area contributed by atoms with Crippen molar-refractivity contribution in [3.63, 3.8) is 0 Å². The Morgan fingerprint density at radius 2 is 0.655 bits per heavy atom. The zero-order chi connectivity index (χ0) is 36.0. The van der Waals surface area contributed by atoms with E-state index in [1.54, 1.807) is 0 Å². The van der Waals surface area contributed by atoms with Crippen LogP contribution in [0.4, 0.5) is 0 Å². The Bertz CT molecular complexity index is 3370. The first kappa shape index (κ1) is 30.0. The van der Waals surface area contributed by atoms with Crippen LogP contribution in [0.1, 0.15) is 0 Å². The van der Waals surface area contributed by atoms with Gasteiger partial charge in [0.1, 0.15) is 16.6 Å². The van der Waals surface area contributed by atoms with Crippen molar-refractivity contribution >= 4 is 76.7 Å². The van der Waals surface area contributed by atoms with Crippen molar-refractivity contribution in [3.05, 3.63) is 188 Å². The summed E-state index contributed by atoms with van der Waals surface area (Å²) in [6.45, 7) is 0. The number of rotatable bonds is 4. The number of nitrogens with zero attached hydrogens (tertiary/aromatic N) is 5. The van der Waals surface area contributed by atoms with E-state index in [0.717, 1.165) is 72.2 Å². The average Bonchev–Trinajstić information content (AvgIpc) is 3.89. The molecule has 0 amide bonds. The van der Waals surface area contributed by atoms with Crippen molar-refractivity contribution in [1.29, 1.82) is 0 Å². The number of aromatic nitrogens is 5. The molecule has 4 heterocycles. The normalized spacial score (nSPS) is 12.0. The Morgan fingerprint density at radius 1 is 0.273 bits per heavy atom. The predicted molar refractivity (Wildman–Crippen MR) is 228 cm³/mol. The van der Waals surface area contributed by atoms with E-state index < -0.39 is 0 Å². The molecule has 12 rings (SSSR count). The highest BCUT2D eigenvalue weighted by Gasteiger charge is 2.23. The van der Waals surface area contributed by atoms with Crippen LogP contribution in [-0.2, 0) is 0 Å². The topological polar surface area (TPSA) is 40.6 Å². The standard InChI is InChI=1S/C50H31N5/c1-2-14-32(15-3-1)33-26-28-34(29-27-33)53-44-25-13-8-20-39(44)47-50(53)52-49-46(55-42-23-11-6-18-37(42)38-19-7-12-24-43(38)55)31-30-45(48(49)51-47)54-40-21-9-4-16-35(40)36-17-5-10-22-41(36)54/h1-31H. The molecule has 4 aromatic heterocycles. The summed E-state index contributed by atoms with van der Waals surface area (Å²) >= 11 is 0. The second kappa shape index (κ2) is 11.5. The monoisotopic (exact) mass is 701 g/mol. The first-order chi connectivity index (χ1) is 27.3. The highest BCUT2D eigenvalue weighted by Crippen LogP contribution is 2.40. The summed E-state index contributed by atoms with van der Waals surface area (Å²) in [7, 11) is 0. The highest BCUT2D eigenvalue weighted by atomic mass is 15.1. The van der Waals surface area contributed by atoms with E-state index in [2.05, 4.69) is 202 Å². The van der Waals surface area contributed by atoms with Gasteiger partial charge in [0.15, 0.2) is 5.65 Å². The molecule has 0 atom stereocenters. The van der Waals surface area contributed by atoms with Gasteiger partial charge in [0.05, 0.1) is 39.0 Å². The van der Waals surface area contributed by atoms with Crippen LogP contribution in [0.2, 0.25) is 0 Å². The van der Waals surface area contributed by atoms with E-state index in [4.69, 9.17) is 9.97 Å². The van der Waals surface area contributed by atoms with E-state index in [1.807, 2.05) is 0 Å². The van der Waals surface area contributed by atoms with Gasteiger partial charge < -0.3 is 9.13 Å². The first-order valence-corrected chi connectivity index (χ1v) is 18.7. The molecule has 0 unspecified atom stereocenters. The first-order valence-electron chi connectivity index (χ1n) is 18.7. The molecule has 5 nitrogen and oxygen atoms in total. The van der Waals surface area contributed by atoms with Crippen LogP contribution in [0, 0.1) is 0 Å². The van der Waals surface area contributed by atoms with Gasteiger partial charge in [-0.1, -0.05) is 133 Å². The Balaban J connectivity index is 1.23. The van der Waals surface area contributed by atoms with Gasteiger partial charge in [0.2, 0.25) is 0 Å². The van der Waals surface area contributed by atoms with Crippen molar-refractivity contribution in [2.24, 2.45) is 0 Å². The molecule has 0 N–H and O–H groups in total. The van der Waals surface area contributed by atoms with Crippen LogP contribution in [-0.4, -0.2) is 23.7 Å². The number of hydrogen-bond acceptors (Lipinski definition) is 2. The maximum atomic E-state index is 5.74. The number of fused-ring (bicyclic) bond motifs is 10. The molecule has 0 saturated heterocycles. The van der Waals surface area contributed by atoms with Crippen molar-refractivity contribution in [2.75, 3.05) is 0 Å². The van der Waals surface area contributed by atoms with Crippen molar-refractivity contribution in [3.8, 4) is 28.2 Å². The fraction of sp³-hybridized carbons (Fsp3) is 0. The third kappa shape index (κ3) is 4.29. The van der Waals surface area contributed by atoms with Gasteiger partial charge in [-0.15, -0.1) is 0 Å². The molecule has 0 spiro atoms. The maximum Gasteiger partial charge on any atom is 0.165 e. The Morgan fingerprint density at radius 3 is 1.15 bits per heavy atom. The van der Waals surface area contributed by atoms with Gasteiger partial charge in [-0.2, -0.15) is 0 Å². The van der Waals surface area contributed by atoms with Crippen LogP contribution in [0.25, 0.3) is 105 Å².